The van der Waals surface area contributed by atoms with Crippen molar-refractivity contribution < 1.29 is 5.11 Å². The second kappa shape index (κ2) is 7.77. The van der Waals surface area contributed by atoms with Crippen molar-refractivity contribution >= 4 is 32.7 Å². The van der Waals surface area contributed by atoms with Crippen LogP contribution in [0.4, 0.5) is 5.69 Å². The zero-order valence-corrected chi connectivity index (χ0v) is 19.6. The minimum absolute atomic E-state index is 0.301. The van der Waals surface area contributed by atoms with E-state index in [1.54, 1.807) is 0 Å². The predicted octanol–water partition coefficient (Wildman–Crippen LogP) is 5.54. The summed E-state index contributed by atoms with van der Waals surface area (Å²) in [7, 11) is 0. The van der Waals surface area contributed by atoms with E-state index in [4.69, 9.17) is 4.98 Å². The zero-order valence-electron chi connectivity index (χ0n) is 18.0. The summed E-state index contributed by atoms with van der Waals surface area (Å²) in [5.74, 6) is 0.435. The molecule has 29 heavy (non-hydrogen) atoms. The highest BCUT2D eigenvalue weighted by Crippen LogP contribution is 2.38. The molecule has 0 saturated carbocycles. The highest BCUT2D eigenvalue weighted by molar-refractivity contribution is 9.10. The molecule has 154 valence electrons. The zero-order chi connectivity index (χ0) is 20.9. The summed E-state index contributed by atoms with van der Waals surface area (Å²) in [6.45, 7) is 13.1. The van der Waals surface area contributed by atoms with Crippen LogP contribution in [0.15, 0.2) is 22.7 Å². The fourth-order valence-corrected chi connectivity index (χ4v) is 5.49. The van der Waals surface area contributed by atoms with Crippen LogP contribution in [0.1, 0.15) is 40.9 Å². The molecular formula is C24H30BrN3O. The fraction of sp³-hybridized carbons (Fsp3) is 0.458. The number of hydrogen-bond acceptors (Lipinski definition) is 3. The SMILES string of the molecule is Cc1cc(N2CCC(CO)CC2)c2c(C)c(C)n(-c3c(C)cc(Br)cc3C)c2n1. The monoisotopic (exact) mass is 455 g/mol. The molecule has 1 aromatic carbocycles. The van der Waals surface area contributed by atoms with Crippen LogP contribution < -0.4 is 4.90 Å². The van der Waals surface area contributed by atoms with Crippen molar-refractivity contribution in [2.45, 2.75) is 47.5 Å². The number of rotatable bonds is 3. The lowest BCUT2D eigenvalue weighted by molar-refractivity contribution is 0.203. The van der Waals surface area contributed by atoms with E-state index in [9.17, 15) is 5.11 Å². The molecule has 3 heterocycles. The van der Waals surface area contributed by atoms with Crippen LogP contribution in [-0.2, 0) is 0 Å². The Balaban J connectivity index is 1.94. The van der Waals surface area contributed by atoms with Gasteiger partial charge >= 0.3 is 0 Å². The average Bonchev–Trinajstić information content (AvgIpc) is 2.92. The van der Waals surface area contributed by atoms with Gasteiger partial charge in [0, 0.05) is 46.6 Å². The van der Waals surface area contributed by atoms with E-state index in [2.05, 4.69) is 78.2 Å². The highest BCUT2D eigenvalue weighted by Gasteiger charge is 2.25. The van der Waals surface area contributed by atoms with Crippen LogP contribution in [0.3, 0.4) is 0 Å². The highest BCUT2D eigenvalue weighted by atomic mass is 79.9. The molecule has 3 aromatic rings. The number of aliphatic hydroxyl groups is 1. The maximum Gasteiger partial charge on any atom is 0.147 e. The van der Waals surface area contributed by atoms with Crippen molar-refractivity contribution in [3.63, 3.8) is 0 Å². The summed E-state index contributed by atoms with van der Waals surface area (Å²) in [6.07, 6.45) is 2.09. The molecule has 1 saturated heterocycles. The van der Waals surface area contributed by atoms with Gasteiger partial charge in [0.1, 0.15) is 5.65 Å². The number of halogens is 1. The molecule has 5 heteroatoms. The normalized spacial score (nSPS) is 15.5. The second-order valence-corrected chi connectivity index (χ2v) is 9.44. The second-order valence-electron chi connectivity index (χ2n) is 8.53. The number of anilines is 1. The molecule has 1 fully saturated rings. The molecule has 1 aliphatic heterocycles. The summed E-state index contributed by atoms with van der Waals surface area (Å²) in [5, 5.41) is 10.8. The van der Waals surface area contributed by atoms with Crippen molar-refractivity contribution in [3.05, 3.63) is 50.8 Å². The van der Waals surface area contributed by atoms with Gasteiger partial charge in [0.2, 0.25) is 0 Å². The molecule has 0 atom stereocenters. The van der Waals surface area contributed by atoms with Gasteiger partial charge in [-0.2, -0.15) is 0 Å². The number of benzene rings is 1. The number of aromatic nitrogens is 2. The Labute approximate surface area is 181 Å². The van der Waals surface area contributed by atoms with Crippen LogP contribution in [0, 0.1) is 40.5 Å². The number of piperidine rings is 1. The molecule has 1 N–H and O–H groups in total. The van der Waals surface area contributed by atoms with E-state index in [1.807, 2.05) is 0 Å². The first kappa shape index (κ1) is 20.4. The van der Waals surface area contributed by atoms with Gasteiger partial charge in [0.05, 0.1) is 5.69 Å². The van der Waals surface area contributed by atoms with E-state index in [1.165, 1.54) is 39.1 Å². The topological polar surface area (TPSA) is 41.3 Å². The van der Waals surface area contributed by atoms with Gasteiger partial charge in [-0.3, -0.25) is 4.57 Å². The first-order chi connectivity index (χ1) is 13.8. The maximum atomic E-state index is 9.51. The van der Waals surface area contributed by atoms with Crippen LogP contribution in [0.2, 0.25) is 0 Å². The molecule has 1 aliphatic rings. The van der Waals surface area contributed by atoms with Gasteiger partial charge in [-0.15, -0.1) is 0 Å². The molecule has 0 unspecified atom stereocenters. The molecule has 0 radical (unpaired) electrons. The third kappa shape index (κ3) is 3.49. The summed E-state index contributed by atoms with van der Waals surface area (Å²) in [4.78, 5) is 7.50. The van der Waals surface area contributed by atoms with Gasteiger partial charge in [-0.25, -0.2) is 4.98 Å². The van der Waals surface area contributed by atoms with Crippen LogP contribution in [0.5, 0.6) is 0 Å². The Bertz CT molecular complexity index is 1050. The molecule has 4 nitrogen and oxygen atoms in total. The lowest BCUT2D eigenvalue weighted by Gasteiger charge is -2.33. The molecule has 0 aliphatic carbocycles. The van der Waals surface area contributed by atoms with E-state index in [0.717, 1.165) is 41.7 Å². The smallest absolute Gasteiger partial charge is 0.147 e. The van der Waals surface area contributed by atoms with Crippen molar-refractivity contribution in [1.82, 2.24) is 9.55 Å². The number of aliphatic hydroxyl groups excluding tert-OH is 1. The van der Waals surface area contributed by atoms with E-state index in [0.29, 0.717) is 12.5 Å². The minimum atomic E-state index is 0.301. The molecular weight excluding hydrogens is 426 g/mol. The van der Waals surface area contributed by atoms with E-state index < -0.39 is 0 Å². The van der Waals surface area contributed by atoms with Gasteiger partial charge in [0.15, 0.2) is 0 Å². The predicted molar refractivity (Wildman–Crippen MR) is 124 cm³/mol. The lowest BCUT2D eigenvalue weighted by Crippen LogP contribution is -2.35. The quantitative estimate of drug-likeness (QED) is 0.563. The molecule has 2 aromatic heterocycles. The van der Waals surface area contributed by atoms with E-state index >= 15 is 0 Å². The van der Waals surface area contributed by atoms with Gasteiger partial charge in [-0.05, 0) is 88.3 Å². The van der Waals surface area contributed by atoms with Crippen LogP contribution in [-0.4, -0.2) is 34.4 Å². The fourth-order valence-electron chi connectivity index (χ4n) is 4.80. The first-order valence-corrected chi connectivity index (χ1v) is 11.2. The largest absolute Gasteiger partial charge is 0.396 e. The summed E-state index contributed by atoms with van der Waals surface area (Å²) in [5.41, 5.74) is 9.64. The van der Waals surface area contributed by atoms with Crippen LogP contribution in [0.25, 0.3) is 16.7 Å². The maximum absolute atomic E-state index is 9.51. The van der Waals surface area contributed by atoms with Crippen molar-refractivity contribution in [2.24, 2.45) is 5.92 Å². The van der Waals surface area contributed by atoms with Gasteiger partial charge < -0.3 is 10.0 Å². The molecule has 0 bridgehead atoms. The van der Waals surface area contributed by atoms with Crippen LogP contribution >= 0.6 is 15.9 Å². The number of nitrogens with zero attached hydrogens (tertiary/aromatic N) is 3. The lowest BCUT2D eigenvalue weighted by atomic mass is 9.97. The van der Waals surface area contributed by atoms with Crippen molar-refractivity contribution in [2.75, 3.05) is 24.6 Å². The summed E-state index contributed by atoms with van der Waals surface area (Å²) < 4.78 is 3.46. The standard InChI is InChI=1S/C24H30BrN3O/c1-14-10-20(25)11-15(2)23(14)28-18(5)17(4)22-21(12-16(3)26-24(22)28)27-8-6-19(13-29)7-9-27/h10-12,19,29H,6-9,13H2,1-5H3. The molecule has 4 rings (SSSR count). The third-order valence-corrected chi connectivity index (χ3v) is 6.92. The number of pyridine rings is 1. The molecule has 0 amide bonds. The van der Waals surface area contributed by atoms with Crippen molar-refractivity contribution in [1.29, 1.82) is 0 Å². The van der Waals surface area contributed by atoms with E-state index in [-0.39, 0.29) is 0 Å². The number of fused-ring (bicyclic) bond motifs is 1. The Hall–Kier alpha value is -1.85. The summed E-state index contributed by atoms with van der Waals surface area (Å²) >= 11 is 3.63. The molecule has 0 spiro atoms. The Morgan fingerprint density at radius 1 is 1.03 bits per heavy atom. The van der Waals surface area contributed by atoms with Gasteiger partial charge in [0.25, 0.3) is 0 Å². The third-order valence-electron chi connectivity index (χ3n) is 6.47. The Morgan fingerprint density at radius 2 is 1.66 bits per heavy atom. The number of hydrogen-bond donors (Lipinski definition) is 1. The number of aryl methyl sites for hydroxylation is 4. The van der Waals surface area contributed by atoms with Crippen molar-refractivity contribution in [3.8, 4) is 5.69 Å². The first-order valence-electron chi connectivity index (χ1n) is 10.4. The minimum Gasteiger partial charge on any atom is -0.396 e. The summed E-state index contributed by atoms with van der Waals surface area (Å²) in [6, 6.07) is 6.60. The Morgan fingerprint density at radius 3 is 2.24 bits per heavy atom. The average molecular weight is 456 g/mol. The Kier molecular flexibility index (Phi) is 5.47. The van der Waals surface area contributed by atoms with Gasteiger partial charge in [-0.1, -0.05) is 15.9 Å².